The molecular formula is C63H62ClF3N10O10S. The maximum atomic E-state index is 17.6. The van der Waals surface area contributed by atoms with Crippen molar-refractivity contribution >= 4 is 89.6 Å². The summed E-state index contributed by atoms with van der Waals surface area (Å²) >= 11 is 7.86. The fourth-order valence-electron chi connectivity index (χ4n) is 13.5. The number of halogens is 4. The Morgan fingerprint density at radius 1 is 1.05 bits per heavy atom. The van der Waals surface area contributed by atoms with Crippen LogP contribution in [0.2, 0.25) is 5.02 Å². The van der Waals surface area contributed by atoms with Crippen LogP contribution in [0.1, 0.15) is 95.0 Å². The average molecular weight is 1240 g/mol. The zero-order valence-corrected chi connectivity index (χ0v) is 50.7. The summed E-state index contributed by atoms with van der Waals surface area (Å²) in [5, 5.41) is 21.4. The highest BCUT2D eigenvalue weighted by Gasteiger charge is 2.52. The third-order valence-corrected chi connectivity index (χ3v) is 19.4. The number of aryl methyl sites for hydroxylation is 1. The number of nitrogens with zero attached hydrogens (tertiary/aromatic N) is 9. The lowest BCUT2D eigenvalue weighted by Gasteiger charge is -2.41. The topological polar surface area (TPSA) is 249 Å². The number of carbonyl (C=O) groups excluding carboxylic acids is 4. The van der Waals surface area contributed by atoms with Crippen molar-refractivity contribution in [3.8, 4) is 40.3 Å². The first kappa shape index (κ1) is 59.8. The fourth-order valence-corrected chi connectivity index (χ4v) is 14.7. The van der Waals surface area contributed by atoms with Gasteiger partial charge in [0.05, 0.1) is 55.4 Å². The molecule has 9 heterocycles. The number of carbonyl (C=O) groups is 4. The van der Waals surface area contributed by atoms with Crippen molar-refractivity contribution in [3.05, 3.63) is 109 Å². The number of ether oxygens (including phenoxy) is 4. The Labute approximate surface area is 511 Å². The highest BCUT2D eigenvalue weighted by atomic mass is 35.5. The van der Waals surface area contributed by atoms with Crippen molar-refractivity contribution in [3.63, 3.8) is 0 Å². The smallest absolute Gasteiger partial charge is 0.411 e. The molecule has 5 aliphatic heterocycles. The van der Waals surface area contributed by atoms with Crippen LogP contribution in [0.4, 0.5) is 28.8 Å². The quantitative estimate of drug-likeness (QED) is 0.0584. The van der Waals surface area contributed by atoms with Gasteiger partial charge in [-0.3, -0.25) is 24.2 Å². The largest absolute Gasteiger partial charge is 0.508 e. The number of amides is 2. The number of nitrogens with two attached hydrogens (primary N) is 1. The second-order valence-electron chi connectivity index (χ2n) is 23.5. The highest BCUT2D eigenvalue weighted by Crippen LogP contribution is 2.48. The number of nitrogen functional groups attached to an aromatic ring is 1. The van der Waals surface area contributed by atoms with Crippen molar-refractivity contribution in [1.29, 1.82) is 5.26 Å². The van der Waals surface area contributed by atoms with Gasteiger partial charge in [-0.15, -0.1) is 11.3 Å². The van der Waals surface area contributed by atoms with E-state index in [9.17, 15) is 38.7 Å². The summed E-state index contributed by atoms with van der Waals surface area (Å²) in [6.07, 6.45) is -1.06. The minimum atomic E-state index is -2.08. The number of thiophene rings is 1. The van der Waals surface area contributed by atoms with E-state index in [1.807, 2.05) is 24.8 Å². The first-order valence-corrected chi connectivity index (χ1v) is 30.4. The number of nitriles is 1. The molecule has 25 heteroatoms. The molecule has 88 heavy (non-hydrogen) atoms. The van der Waals surface area contributed by atoms with Crippen molar-refractivity contribution < 1.29 is 56.4 Å². The van der Waals surface area contributed by atoms with Gasteiger partial charge in [0, 0.05) is 77.5 Å². The Morgan fingerprint density at radius 2 is 1.83 bits per heavy atom. The highest BCUT2D eigenvalue weighted by molar-refractivity contribution is 7.23. The number of cyclic esters (lactones) is 1. The van der Waals surface area contributed by atoms with Gasteiger partial charge in [-0.1, -0.05) is 38.1 Å². The predicted octanol–water partition coefficient (Wildman–Crippen LogP) is 9.59. The molecular weight excluding hydrogens is 1180 g/mol. The molecule has 5 aliphatic rings. The van der Waals surface area contributed by atoms with E-state index in [1.54, 1.807) is 43.5 Å². The first-order valence-electron chi connectivity index (χ1n) is 29.2. The molecule has 0 radical (unpaired) electrons. The number of aromatic nitrogens is 4. The van der Waals surface area contributed by atoms with E-state index in [4.69, 9.17) is 46.3 Å². The minimum absolute atomic E-state index is 0.0257. The molecule has 12 rings (SSSR count). The predicted molar refractivity (Wildman–Crippen MR) is 323 cm³/mol. The van der Waals surface area contributed by atoms with E-state index < -0.39 is 83.2 Å². The van der Waals surface area contributed by atoms with Crippen LogP contribution in [0.3, 0.4) is 0 Å². The van der Waals surface area contributed by atoms with Crippen molar-refractivity contribution in [2.24, 2.45) is 0 Å². The number of phenols is 1. The van der Waals surface area contributed by atoms with E-state index in [-0.39, 0.29) is 141 Å². The van der Waals surface area contributed by atoms with E-state index >= 15 is 8.78 Å². The number of anilines is 2. The molecule has 3 saturated heterocycles. The maximum Gasteiger partial charge on any atom is 0.411 e. The van der Waals surface area contributed by atoms with Crippen LogP contribution in [0, 0.1) is 23.0 Å². The lowest BCUT2D eigenvalue weighted by atomic mass is 9.85. The zero-order valence-electron chi connectivity index (χ0n) is 49.1. The third-order valence-electron chi connectivity index (χ3n) is 18.1. The molecule has 5 unspecified atom stereocenters. The number of phenolic OH excluding ortho intramolecular Hbond substituents is 1. The SMILES string of the molecule is C=C(C(=O)N1CCN(c2nc(OCC34CCCN3CC(F)C4)nc3c(F)c(-c4ccc(F)c5sc(N)c(C#N)c45)c(Cl)cc23)C(C)C1)C(C)OC(=O)N(CC(=O)OC1(CC)C(=O)OCc2c1cc1n(c2=O)Cc2c-1nc1ccc(O)cc1c2CC)C(C)C. The van der Waals surface area contributed by atoms with Gasteiger partial charge in [0.25, 0.3) is 11.5 Å². The maximum absolute atomic E-state index is 17.6. The molecule has 5 atom stereocenters. The van der Waals surface area contributed by atoms with Gasteiger partial charge in [-0.05, 0) is 107 Å². The number of alkyl halides is 1. The normalized spacial score (nSPS) is 20.8. The molecule has 20 nitrogen and oxygen atoms in total. The molecule has 3 fully saturated rings. The molecule has 3 aromatic carbocycles. The molecule has 4 aromatic heterocycles. The second-order valence-corrected chi connectivity index (χ2v) is 24.9. The standard InChI is InChI=1S/C63H62ClF3N10O10S/c1-8-36-38-19-35(78)11-14-46(38)70-52-41(36)26-77-47(52)21-43-42(58(77)81)28-84-59(82)63(43,9-2)87-48(79)27-76(30(3)4)61(83)86-33(7)32(6)57(80)73-17-18-75(31(5)24-73)56-39-20-44(64)50(37-12-13-45(66)54-49(37)40(23-68)55(69)88-54)51(67)53(39)71-60(72-56)85-29-62-15-10-16-74(62)25-34(65)22-62/h11-14,19-21,30-31,33-34,78H,6,8-10,15-18,22,24-29,69H2,1-5,7H3. The van der Waals surface area contributed by atoms with Gasteiger partial charge >= 0.3 is 24.0 Å². The first-order chi connectivity index (χ1) is 42.0. The summed E-state index contributed by atoms with van der Waals surface area (Å²) in [4.78, 5) is 91.7. The van der Waals surface area contributed by atoms with Crippen LogP contribution >= 0.6 is 22.9 Å². The Hall–Kier alpha value is -8.53. The molecule has 0 spiro atoms. The van der Waals surface area contributed by atoms with E-state index in [1.165, 1.54) is 30.0 Å². The van der Waals surface area contributed by atoms with Gasteiger partial charge in [0.15, 0.2) is 5.82 Å². The van der Waals surface area contributed by atoms with Gasteiger partial charge < -0.3 is 44.2 Å². The van der Waals surface area contributed by atoms with Gasteiger partial charge in [-0.25, -0.2) is 27.7 Å². The lowest BCUT2D eigenvalue weighted by Crippen LogP contribution is -2.55. The van der Waals surface area contributed by atoms with Crippen LogP contribution in [-0.2, 0) is 53.8 Å². The lowest BCUT2D eigenvalue weighted by molar-refractivity contribution is -0.190. The van der Waals surface area contributed by atoms with E-state index in [0.29, 0.717) is 36.3 Å². The summed E-state index contributed by atoms with van der Waals surface area (Å²) in [6, 6.07) is 11.1. The van der Waals surface area contributed by atoms with Crippen LogP contribution in [0.15, 0.2) is 59.4 Å². The van der Waals surface area contributed by atoms with Crippen LogP contribution < -0.4 is 20.9 Å². The Bertz CT molecular complexity index is 4270. The Kier molecular flexibility index (Phi) is 15.3. The number of pyridine rings is 2. The molecule has 7 aromatic rings. The summed E-state index contributed by atoms with van der Waals surface area (Å²) in [5.41, 5.74) is 6.11. The van der Waals surface area contributed by atoms with Crippen LogP contribution in [-0.4, -0.2) is 139 Å². The monoisotopic (exact) mass is 1240 g/mol. The molecule has 3 N–H and O–H groups in total. The fraction of sp³-hybridized carbons (Fsp3) is 0.413. The Balaban J connectivity index is 0.762. The molecule has 0 saturated carbocycles. The molecule has 0 aliphatic carbocycles. The molecule has 0 bridgehead atoms. The summed E-state index contributed by atoms with van der Waals surface area (Å²) in [7, 11) is 0. The zero-order chi connectivity index (χ0) is 62.6. The van der Waals surface area contributed by atoms with Gasteiger partial charge in [0.2, 0.25) is 5.60 Å². The third kappa shape index (κ3) is 9.76. The second kappa shape index (κ2) is 22.6. The average Bonchev–Trinajstić information content (AvgIpc) is 1.40. The van der Waals surface area contributed by atoms with E-state index in [2.05, 4.69) is 16.5 Å². The number of rotatable bonds is 14. The van der Waals surface area contributed by atoms with Crippen LogP contribution in [0.5, 0.6) is 11.8 Å². The molecule has 458 valence electrons. The van der Waals surface area contributed by atoms with Gasteiger partial charge in [-0.2, -0.15) is 15.2 Å². The number of benzene rings is 3. The summed E-state index contributed by atoms with van der Waals surface area (Å²) < 4.78 is 73.1. The number of hydrogen-bond donors (Lipinski definition) is 2. The number of aromatic hydroxyl groups is 1. The van der Waals surface area contributed by atoms with Crippen molar-refractivity contribution in [1.82, 2.24) is 34.2 Å². The summed E-state index contributed by atoms with van der Waals surface area (Å²) in [5.74, 6) is -3.73. The minimum Gasteiger partial charge on any atom is -0.508 e. The van der Waals surface area contributed by atoms with Gasteiger partial charge in [0.1, 0.15) is 66.0 Å². The molecule has 2 amide bonds. The number of fused-ring (bicyclic) bond motifs is 8. The number of piperazine rings is 1. The van der Waals surface area contributed by atoms with Crippen molar-refractivity contribution in [2.45, 2.75) is 122 Å². The van der Waals surface area contributed by atoms with E-state index in [0.717, 1.165) is 45.2 Å². The van der Waals surface area contributed by atoms with Crippen molar-refractivity contribution in [2.75, 3.05) is 56.5 Å². The van der Waals surface area contributed by atoms with Crippen LogP contribution in [0.25, 0.3) is 54.4 Å². The summed E-state index contributed by atoms with van der Waals surface area (Å²) in [6.45, 7) is 14.5. The number of esters is 2. The Morgan fingerprint density at radius 3 is 2.56 bits per heavy atom. The number of hydrogen-bond acceptors (Lipinski definition) is 18.